The fourth-order valence-electron chi connectivity index (χ4n) is 2.84. The van der Waals surface area contributed by atoms with Gasteiger partial charge in [0.25, 0.3) is 0 Å². The van der Waals surface area contributed by atoms with E-state index in [2.05, 4.69) is 22.1 Å². The van der Waals surface area contributed by atoms with Crippen molar-refractivity contribution in [2.24, 2.45) is 0 Å². The van der Waals surface area contributed by atoms with Crippen LogP contribution in [0.25, 0.3) is 0 Å². The summed E-state index contributed by atoms with van der Waals surface area (Å²) in [6.07, 6.45) is 0. The van der Waals surface area contributed by atoms with Gasteiger partial charge in [-0.3, -0.25) is 4.79 Å². The van der Waals surface area contributed by atoms with Crippen LogP contribution in [0, 0.1) is 5.82 Å². The zero-order chi connectivity index (χ0) is 17.8. The summed E-state index contributed by atoms with van der Waals surface area (Å²) >= 11 is 0. The highest BCUT2D eigenvalue weighted by atomic mass is 19.1. The van der Waals surface area contributed by atoms with Gasteiger partial charge < -0.3 is 15.0 Å². The Morgan fingerprint density at radius 3 is 2.96 bits per heavy atom. The van der Waals surface area contributed by atoms with Gasteiger partial charge in [0.2, 0.25) is 5.88 Å². The van der Waals surface area contributed by atoms with Crippen LogP contribution in [0.15, 0.2) is 36.4 Å². The Hall–Kier alpha value is -2.47. The molecule has 25 heavy (non-hydrogen) atoms. The Bertz CT molecular complexity index is 766. The maximum atomic E-state index is 14.1. The predicted molar refractivity (Wildman–Crippen MR) is 94.7 cm³/mol. The monoisotopic (exact) mass is 343 g/mol. The second-order valence-electron chi connectivity index (χ2n) is 6.29. The second kappa shape index (κ2) is 7.61. The van der Waals surface area contributed by atoms with E-state index in [4.69, 9.17) is 4.74 Å². The molecule has 1 aliphatic heterocycles. The van der Waals surface area contributed by atoms with Gasteiger partial charge in [-0.05, 0) is 26.0 Å². The number of benzene rings is 1. The van der Waals surface area contributed by atoms with Crippen molar-refractivity contribution in [3.8, 4) is 5.88 Å². The number of carbonyl (C=O) groups excluding carboxylic acids is 1. The average Bonchev–Trinajstić information content (AvgIpc) is 2.61. The highest BCUT2D eigenvalue weighted by Gasteiger charge is 2.17. The van der Waals surface area contributed by atoms with Gasteiger partial charge in [-0.25, -0.2) is 4.39 Å². The molecule has 132 valence electrons. The molecule has 0 spiro atoms. The molecule has 1 N–H and O–H groups in total. The van der Waals surface area contributed by atoms with Crippen molar-refractivity contribution in [3.63, 3.8) is 0 Å². The van der Waals surface area contributed by atoms with Crippen molar-refractivity contribution in [3.05, 3.63) is 53.3 Å². The van der Waals surface area contributed by atoms with Crippen LogP contribution in [-0.4, -0.2) is 36.4 Å². The van der Waals surface area contributed by atoms with Crippen LogP contribution in [-0.2, 0) is 6.61 Å². The second-order valence-corrected chi connectivity index (χ2v) is 6.29. The van der Waals surface area contributed by atoms with Crippen LogP contribution in [0.2, 0.25) is 0 Å². The van der Waals surface area contributed by atoms with Gasteiger partial charge >= 0.3 is 0 Å². The molecule has 3 rings (SSSR count). The van der Waals surface area contributed by atoms with E-state index in [1.54, 1.807) is 18.2 Å². The van der Waals surface area contributed by atoms with Gasteiger partial charge in [-0.2, -0.15) is 4.98 Å². The lowest BCUT2D eigenvalue weighted by Gasteiger charge is -2.32. The Morgan fingerprint density at radius 2 is 2.24 bits per heavy atom. The number of pyridine rings is 1. The summed E-state index contributed by atoms with van der Waals surface area (Å²) in [6, 6.07) is 10.4. The van der Waals surface area contributed by atoms with Crippen LogP contribution in [0.3, 0.4) is 0 Å². The van der Waals surface area contributed by atoms with Crippen molar-refractivity contribution in [1.82, 2.24) is 10.3 Å². The topological polar surface area (TPSA) is 54.5 Å². The summed E-state index contributed by atoms with van der Waals surface area (Å²) in [5.41, 5.74) is 0.752. The number of hydrogen-bond acceptors (Lipinski definition) is 5. The molecular formula is C19H22FN3O2. The predicted octanol–water partition coefficient (Wildman–Crippen LogP) is 2.80. The van der Waals surface area contributed by atoms with Crippen molar-refractivity contribution < 1.29 is 13.9 Å². The number of nitrogens with zero attached hydrogens (tertiary/aromatic N) is 2. The third-order valence-corrected chi connectivity index (χ3v) is 4.24. The number of carbonyl (C=O) groups is 1. The number of nitrogens with one attached hydrogen (secondary N) is 1. The fourth-order valence-corrected chi connectivity index (χ4v) is 2.84. The molecule has 1 aromatic heterocycles. The summed E-state index contributed by atoms with van der Waals surface area (Å²) < 4.78 is 19.7. The minimum atomic E-state index is -0.445. The van der Waals surface area contributed by atoms with Gasteiger partial charge in [-0.1, -0.05) is 18.2 Å². The van der Waals surface area contributed by atoms with Crippen molar-refractivity contribution in [2.45, 2.75) is 26.5 Å². The van der Waals surface area contributed by atoms with Crippen LogP contribution in [0.1, 0.15) is 29.8 Å². The van der Waals surface area contributed by atoms with Crippen molar-refractivity contribution >= 4 is 11.6 Å². The summed E-state index contributed by atoms with van der Waals surface area (Å²) in [4.78, 5) is 18.0. The lowest BCUT2D eigenvalue weighted by atomic mass is 10.1. The van der Waals surface area contributed by atoms with Gasteiger partial charge in [0.1, 0.15) is 18.2 Å². The van der Waals surface area contributed by atoms with Gasteiger partial charge in [0.05, 0.1) is 0 Å². The molecule has 0 amide bonds. The number of anilines is 1. The molecular weight excluding hydrogens is 321 g/mol. The van der Waals surface area contributed by atoms with E-state index in [1.807, 2.05) is 12.1 Å². The van der Waals surface area contributed by atoms with Crippen LogP contribution in [0.4, 0.5) is 10.2 Å². The van der Waals surface area contributed by atoms with E-state index in [1.165, 1.54) is 13.0 Å². The molecule has 0 aliphatic carbocycles. The number of halogens is 1. The summed E-state index contributed by atoms with van der Waals surface area (Å²) in [6.45, 7) is 6.32. The standard InChI is InChI=1S/C19H22FN3O2/c1-13-11-23(9-8-21-13)18-4-3-5-19(22-18)25-12-16-7-6-15(14(2)24)10-17(16)20/h3-7,10,13,21H,8-9,11-12H2,1-2H3/t13-/m0/s1. The molecule has 0 saturated carbocycles. The molecule has 0 radical (unpaired) electrons. The molecule has 0 bridgehead atoms. The molecule has 1 atom stereocenters. The van der Waals surface area contributed by atoms with E-state index in [-0.39, 0.29) is 12.4 Å². The molecule has 6 heteroatoms. The van der Waals surface area contributed by atoms with E-state index < -0.39 is 5.82 Å². The molecule has 1 aromatic carbocycles. The number of rotatable bonds is 5. The first-order valence-corrected chi connectivity index (χ1v) is 8.40. The SMILES string of the molecule is CC(=O)c1ccc(COc2cccc(N3CCN[C@@H](C)C3)n2)c(F)c1. The van der Waals surface area contributed by atoms with Crippen molar-refractivity contribution in [1.29, 1.82) is 0 Å². The molecule has 1 fully saturated rings. The zero-order valence-corrected chi connectivity index (χ0v) is 14.5. The van der Waals surface area contributed by atoms with E-state index >= 15 is 0 Å². The zero-order valence-electron chi connectivity index (χ0n) is 14.5. The quantitative estimate of drug-likeness (QED) is 0.846. The molecule has 1 saturated heterocycles. The van der Waals surface area contributed by atoms with Crippen molar-refractivity contribution in [2.75, 3.05) is 24.5 Å². The molecule has 5 nitrogen and oxygen atoms in total. The van der Waals surface area contributed by atoms with E-state index in [0.717, 1.165) is 25.5 Å². The number of aromatic nitrogens is 1. The third-order valence-electron chi connectivity index (χ3n) is 4.24. The maximum Gasteiger partial charge on any atom is 0.215 e. The van der Waals surface area contributed by atoms with E-state index in [0.29, 0.717) is 23.0 Å². The van der Waals surface area contributed by atoms with Gasteiger partial charge in [-0.15, -0.1) is 0 Å². The first kappa shape index (κ1) is 17.4. The van der Waals surface area contributed by atoms with Crippen LogP contribution in [0.5, 0.6) is 5.88 Å². The highest BCUT2D eigenvalue weighted by molar-refractivity contribution is 5.94. The normalized spacial score (nSPS) is 17.4. The molecule has 2 aromatic rings. The smallest absolute Gasteiger partial charge is 0.215 e. The number of Topliss-reactive ketones (excluding diaryl/α,β-unsaturated/α-hetero) is 1. The van der Waals surface area contributed by atoms with Gasteiger partial charge in [0.15, 0.2) is 5.78 Å². The number of hydrogen-bond donors (Lipinski definition) is 1. The Balaban J connectivity index is 1.67. The number of ketones is 1. The number of piperazine rings is 1. The summed E-state index contributed by atoms with van der Waals surface area (Å²) in [5, 5.41) is 3.40. The largest absolute Gasteiger partial charge is 0.473 e. The molecule has 2 heterocycles. The number of ether oxygens (including phenoxy) is 1. The Morgan fingerprint density at radius 1 is 1.40 bits per heavy atom. The lowest BCUT2D eigenvalue weighted by Crippen LogP contribution is -2.49. The minimum absolute atomic E-state index is 0.0679. The van der Waals surface area contributed by atoms with Crippen LogP contribution >= 0.6 is 0 Å². The average molecular weight is 343 g/mol. The summed E-state index contributed by atoms with van der Waals surface area (Å²) in [7, 11) is 0. The summed E-state index contributed by atoms with van der Waals surface area (Å²) in [5.74, 6) is 0.711. The first-order chi connectivity index (χ1) is 12.0. The Labute approximate surface area is 146 Å². The molecule has 1 aliphatic rings. The first-order valence-electron chi connectivity index (χ1n) is 8.40. The van der Waals surface area contributed by atoms with Crippen LogP contribution < -0.4 is 15.0 Å². The lowest BCUT2D eigenvalue weighted by molar-refractivity contribution is 0.101. The maximum absolute atomic E-state index is 14.1. The third kappa shape index (κ3) is 4.33. The Kier molecular flexibility index (Phi) is 5.28. The highest BCUT2D eigenvalue weighted by Crippen LogP contribution is 2.19. The molecule has 0 unspecified atom stereocenters. The fraction of sp³-hybridized carbons (Fsp3) is 0.368. The van der Waals surface area contributed by atoms with Gasteiger partial charge in [0, 0.05) is 42.9 Å². The minimum Gasteiger partial charge on any atom is -0.473 e. The van der Waals surface area contributed by atoms with E-state index in [9.17, 15) is 9.18 Å².